The average Bonchev–Trinajstić information content (AvgIpc) is 2.14. The second kappa shape index (κ2) is 2.15. The highest BCUT2D eigenvalue weighted by atomic mass is 32.1. The lowest BCUT2D eigenvalue weighted by atomic mass is 10.1. The number of nitrogens with two attached hydrogens (primary N) is 1. The van der Waals surface area contributed by atoms with Gasteiger partial charge < -0.3 is 4.84 Å². The average molecular weight is 126 g/mol. The van der Waals surface area contributed by atoms with Gasteiger partial charge in [0.15, 0.2) is 0 Å². The lowest BCUT2D eigenvalue weighted by Crippen LogP contribution is -2.05. The predicted molar refractivity (Wildman–Crippen MR) is 32.3 cm³/mol. The molecule has 0 aliphatic heterocycles. The van der Waals surface area contributed by atoms with Gasteiger partial charge in [0, 0.05) is 11.0 Å². The summed E-state index contributed by atoms with van der Waals surface area (Å²) >= 11 is 1.27. The van der Waals surface area contributed by atoms with Crippen molar-refractivity contribution in [2.45, 2.75) is 0 Å². The fraction of sp³-hybridized carbons (Fsp3) is 0. The topological polar surface area (TPSA) is 48.1 Å². The normalized spacial score (nSPS) is 9.12. The zero-order valence-electron chi connectivity index (χ0n) is 4.00. The van der Waals surface area contributed by atoms with E-state index >= 15 is 0 Å². The minimum Gasteiger partial charge on any atom is -0.380 e. The van der Waals surface area contributed by atoms with Crippen molar-refractivity contribution in [1.82, 2.24) is 4.98 Å². The van der Waals surface area contributed by atoms with Crippen LogP contribution in [-0.2, 0) is 0 Å². The Labute approximate surface area is 51.9 Å². The zero-order chi connectivity index (χ0) is 5.98. The van der Waals surface area contributed by atoms with E-state index in [-0.39, 0.29) is 0 Å². The third-order valence-corrected chi connectivity index (χ3v) is 1.35. The maximum atomic E-state index is 5.22. The first-order valence-corrected chi connectivity index (χ1v) is 2.78. The largest absolute Gasteiger partial charge is 0.380 e. The Bertz CT molecular complexity index is 178. The van der Waals surface area contributed by atoms with E-state index in [4.69, 9.17) is 13.7 Å². The second-order valence-electron chi connectivity index (χ2n) is 1.16. The molecule has 3 nitrogen and oxygen atoms in total. The summed E-state index contributed by atoms with van der Waals surface area (Å²) in [5.74, 6) is 4.76. The molecule has 0 fully saturated rings. The van der Waals surface area contributed by atoms with Gasteiger partial charge in [-0.3, -0.25) is 0 Å². The fourth-order valence-electron chi connectivity index (χ4n) is 0.323. The Hall–Kier alpha value is -0.545. The van der Waals surface area contributed by atoms with Crippen LogP contribution in [0.1, 0.15) is 0 Å². The van der Waals surface area contributed by atoms with E-state index in [0.717, 1.165) is 0 Å². The Morgan fingerprint density at radius 2 is 2.62 bits per heavy atom. The molecule has 40 valence electrons. The van der Waals surface area contributed by atoms with Crippen LogP contribution in [0, 0.1) is 0 Å². The molecular formula is C3H3BN2OS. The minimum absolute atomic E-state index is 0.391. The molecular weight excluding hydrogens is 123 g/mol. The molecule has 0 aliphatic rings. The van der Waals surface area contributed by atoms with E-state index in [1.165, 1.54) is 11.3 Å². The van der Waals surface area contributed by atoms with E-state index in [2.05, 4.69) is 9.82 Å². The summed E-state index contributed by atoms with van der Waals surface area (Å²) in [5.41, 5.74) is 0.440. The Balaban J connectivity index is 2.84. The van der Waals surface area contributed by atoms with Crippen molar-refractivity contribution in [2.75, 3.05) is 0 Å². The molecule has 1 heterocycles. The summed E-state index contributed by atoms with van der Waals surface area (Å²) < 4.78 is 0. The molecule has 0 bridgehead atoms. The molecule has 1 aromatic rings. The summed E-state index contributed by atoms with van der Waals surface area (Å²) in [5, 5.41) is 2.05. The molecule has 0 saturated carbocycles. The third kappa shape index (κ3) is 0.990. The van der Waals surface area contributed by atoms with Gasteiger partial charge in [-0.2, -0.15) is 5.90 Å². The molecule has 0 saturated heterocycles. The lowest BCUT2D eigenvalue weighted by molar-refractivity contribution is 0.333. The molecule has 0 aromatic carbocycles. The van der Waals surface area contributed by atoms with Crippen molar-refractivity contribution in [2.24, 2.45) is 5.90 Å². The summed E-state index contributed by atoms with van der Waals surface area (Å²) in [4.78, 5) is 7.94. The smallest absolute Gasteiger partial charge is 0.293 e. The fourth-order valence-corrected chi connectivity index (χ4v) is 0.811. The van der Waals surface area contributed by atoms with Gasteiger partial charge in [-0.15, -0.1) is 0 Å². The first-order valence-electron chi connectivity index (χ1n) is 1.90. The molecule has 0 aliphatic carbocycles. The van der Waals surface area contributed by atoms with Crippen LogP contribution >= 0.6 is 11.3 Å². The van der Waals surface area contributed by atoms with Gasteiger partial charge in [-0.1, -0.05) is 11.3 Å². The summed E-state index contributed by atoms with van der Waals surface area (Å²) in [6.45, 7) is 0. The molecule has 5 heteroatoms. The van der Waals surface area contributed by atoms with Crippen LogP contribution in [0.15, 0.2) is 5.38 Å². The van der Waals surface area contributed by atoms with Crippen LogP contribution in [0.3, 0.4) is 0 Å². The number of nitrogens with zero attached hydrogens (tertiary/aromatic N) is 1. The summed E-state index contributed by atoms with van der Waals surface area (Å²) in [7, 11) is 5.22. The van der Waals surface area contributed by atoms with Crippen molar-refractivity contribution in [1.29, 1.82) is 0 Å². The van der Waals surface area contributed by atoms with Gasteiger partial charge >= 0.3 is 0 Å². The summed E-state index contributed by atoms with van der Waals surface area (Å²) in [6.07, 6.45) is 0. The monoisotopic (exact) mass is 126 g/mol. The van der Waals surface area contributed by atoms with E-state index in [1.54, 1.807) is 5.38 Å². The molecule has 8 heavy (non-hydrogen) atoms. The lowest BCUT2D eigenvalue weighted by Gasteiger charge is -1.84. The Kier molecular flexibility index (Phi) is 1.50. The minimum atomic E-state index is 0.391. The molecule has 0 amide bonds. The number of aromatic nitrogens is 1. The van der Waals surface area contributed by atoms with Crippen LogP contribution in [0.2, 0.25) is 0 Å². The van der Waals surface area contributed by atoms with Gasteiger partial charge in [0.2, 0.25) is 0 Å². The van der Waals surface area contributed by atoms with E-state index < -0.39 is 0 Å². The molecule has 2 radical (unpaired) electrons. The Morgan fingerprint density at radius 3 is 2.88 bits per heavy atom. The number of rotatable bonds is 1. The molecule has 2 N–H and O–H groups in total. The molecule has 1 aromatic heterocycles. The van der Waals surface area contributed by atoms with Gasteiger partial charge in [-0.25, -0.2) is 4.98 Å². The third-order valence-electron chi connectivity index (χ3n) is 0.602. The van der Waals surface area contributed by atoms with Crippen molar-refractivity contribution in [3.05, 3.63) is 5.38 Å². The van der Waals surface area contributed by atoms with Crippen molar-refractivity contribution < 1.29 is 4.84 Å². The van der Waals surface area contributed by atoms with Crippen molar-refractivity contribution in [3.63, 3.8) is 0 Å². The van der Waals surface area contributed by atoms with Gasteiger partial charge in [0.1, 0.15) is 7.85 Å². The van der Waals surface area contributed by atoms with Gasteiger partial charge in [0.25, 0.3) is 5.19 Å². The van der Waals surface area contributed by atoms with Gasteiger partial charge in [-0.05, 0) is 0 Å². The zero-order valence-corrected chi connectivity index (χ0v) is 4.81. The number of thiazole rings is 1. The predicted octanol–water partition coefficient (Wildman–Crippen LogP) is -0.811. The van der Waals surface area contributed by atoms with Crippen LogP contribution in [-0.4, -0.2) is 12.8 Å². The van der Waals surface area contributed by atoms with E-state index in [9.17, 15) is 0 Å². The Morgan fingerprint density at radius 1 is 1.88 bits per heavy atom. The summed E-state index contributed by atoms with van der Waals surface area (Å²) in [6, 6.07) is 0. The molecule has 0 spiro atoms. The van der Waals surface area contributed by atoms with Crippen LogP contribution in [0.4, 0.5) is 0 Å². The van der Waals surface area contributed by atoms with Crippen molar-refractivity contribution in [3.8, 4) is 5.19 Å². The maximum absolute atomic E-state index is 5.22. The quantitative estimate of drug-likeness (QED) is 0.395. The highest BCUT2D eigenvalue weighted by Gasteiger charge is 1.93. The standard InChI is InChI=1S/C3H3BN2OS/c4-2-1-8-3(6-2)7-5/h1H,5H2. The van der Waals surface area contributed by atoms with Crippen LogP contribution < -0.4 is 16.3 Å². The molecule has 0 unspecified atom stereocenters. The molecule has 1 rings (SSSR count). The van der Waals surface area contributed by atoms with Gasteiger partial charge in [0.05, 0.1) is 0 Å². The first kappa shape index (κ1) is 5.59. The SMILES string of the molecule is [B]c1csc(ON)n1. The number of hydrogen-bond acceptors (Lipinski definition) is 4. The van der Waals surface area contributed by atoms with E-state index in [1.807, 2.05) is 0 Å². The highest BCUT2D eigenvalue weighted by Crippen LogP contribution is 2.08. The number of hydrogen-bond donors (Lipinski definition) is 1. The second-order valence-corrected chi connectivity index (χ2v) is 1.98. The van der Waals surface area contributed by atoms with E-state index in [0.29, 0.717) is 10.8 Å². The molecule has 0 atom stereocenters. The first-order chi connectivity index (χ1) is 3.83. The van der Waals surface area contributed by atoms with Crippen molar-refractivity contribution >= 4 is 24.8 Å². The van der Waals surface area contributed by atoms with Crippen LogP contribution in [0.25, 0.3) is 0 Å². The highest BCUT2D eigenvalue weighted by molar-refractivity contribution is 7.12. The van der Waals surface area contributed by atoms with Crippen LogP contribution in [0.5, 0.6) is 5.19 Å². The maximum Gasteiger partial charge on any atom is 0.293 e.